The van der Waals surface area contributed by atoms with Crippen LogP contribution >= 0.6 is 27.7 Å². The molecule has 3 rings (SSSR count). The third-order valence-corrected chi connectivity index (χ3v) is 7.71. The molecule has 0 aliphatic carbocycles. The zero-order valence-corrected chi connectivity index (χ0v) is 28.1. The van der Waals surface area contributed by atoms with Gasteiger partial charge in [0.15, 0.2) is 0 Å². The van der Waals surface area contributed by atoms with Gasteiger partial charge >= 0.3 is 0 Å². The summed E-state index contributed by atoms with van der Waals surface area (Å²) < 4.78 is 1.17. The largest absolute Gasteiger partial charge is 0.285 e. The number of terminal acetylenes is 1. The molecule has 224 valence electrons. The maximum atomic E-state index is 11.4. The van der Waals surface area contributed by atoms with Gasteiger partial charge in [-0.25, -0.2) is 0 Å². The fraction of sp³-hybridized carbons (Fsp3) is 0.286. The molecule has 5 nitrogen and oxygen atoms in total. The Morgan fingerprint density at radius 1 is 1.02 bits per heavy atom. The number of nitrogens with one attached hydrogen (secondary N) is 2. The number of nitrogens with zero attached hydrogens (tertiary/aromatic N) is 1. The molecule has 0 aromatic heterocycles. The number of hydrogen-bond acceptors (Lipinski definition) is 4. The molecule has 2 amide bonds. The lowest BCUT2D eigenvalue weighted by atomic mass is 10.1. The highest BCUT2D eigenvalue weighted by atomic mass is 79.9. The van der Waals surface area contributed by atoms with E-state index in [-0.39, 0.29) is 24.7 Å². The van der Waals surface area contributed by atoms with Gasteiger partial charge in [-0.2, -0.15) is 0 Å². The first-order valence-corrected chi connectivity index (χ1v) is 15.2. The zero-order chi connectivity index (χ0) is 31.9. The molecule has 2 aromatic rings. The van der Waals surface area contributed by atoms with Crippen molar-refractivity contribution in [3.63, 3.8) is 0 Å². The fourth-order valence-corrected chi connectivity index (χ4v) is 4.54. The second-order valence-corrected chi connectivity index (χ2v) is 11.3. The molecule has 0 radical (unpaired) electrons. The molecule has 7 heteroatoms. The summed E-state index contributed by atoms with van der Waals surface area (Å²) in [6.45, 7) is 17.0. The summed E-state index contributed by atoms with van der Waals surface area (Å²) in [6.07, 6.45) is 15.2. The SMILES string of the molecule is C#C.C/C=C(Br)\C=C(/C)CC.C=CCC(=O)NNC(=O)Cc1ccccc1.CC1=NC/C(C)=C(/C)Sc2ccccc21. The maximum Gasteiger partial charge on any atom is 0.242 e. The van der Waals surface area contributed by atoms with E-state index in [1.165, 1.54) is 37.1 Å². The topological polar surface area (TPSA) is 70.6 Å². The van der Waals surface area contributed by atoms with Crippen LogP contribution in [0.15, 0.2) is 110 Å². The van der Waals surface area contributed by atoms with Gasteiger partial charge in [0.1, 0.15) is 0 Å². The predicted molar refractivity (Wildman–Crippen MR) is 186 cm³/mol. The number of hydrazine groups is 1. The molecule has 1 heterocycles. The summed E-state index contributed by atoms with van der Waals surface area (Å²) in [5, 5.41) is 0. The van der Waals surface area contributed by atoms with Crippen LogP contribution in [-0.2, 0) is 16.0 Å². The summed E-state index contributed by atoms with van der Waals surface area (Å²) in [5.41, 5.74) is 10.7. The van der Waals surface area contributed by atoms with E-state index in [2.05, 4.69) is 116 Å². The summed E-state index contributed by atoms with van der Waals surface area (Å²) >= 11 is 5.26. The summed E-state index contributed by atoms with van der Waals surface area (Å²) in [5.74, 6) is -0.528. The highest BCUT2D eigenvalue weighted by Gasteiger charge is 2.10. The van der Waals surface area contributed by atoms with Crippen molar-refractivity contribution in [2.24, 2.45) is 4.99 Å². The van der Waals surface area contributed by atoms with Gasteiger partial charge in [-0.05, 0) is 69.2 Å². The second kappa shape index (κ2) is 23.0. The van der Waals surface area contributed by atoms with Crippen LogP contribution in [-0.4, -0.2) is 24.1 Å². The van der Waals surface area contributed by atoms with Gasteiger partial charge in [-0.3, -0.25) is 25.4 Å². The Bertz CT molecular complexity index is 1290. The molecule has 0 atom stereocenters. The lowest BCUT2D eigenvalue weighted by Gasteiger charge is -2.14. The molecule has 42 heavy (non-hydrogen) atoms. The molecular weight excluding hydrogens is 606 g/mol. The normalized spacial score (nSPS) is 14.3. The van der Waals surface area contributed by atoms with Crippen molar-refractivity contribution < 1.29 is 9.59 Å². The zero-order valence-electron chi connectivity index (χ0n) is 25.7. The summed E-state index contributed by atoms with van der Waals surface area (Å²) in [7, 11) is 0. The van der Waals surface area contributed by atoms with E-state index in [4.69, 9.17) is 0 Å². The van der Waals surface area contributed by atoms with E-state index in [0.29, 0.717) is 0 Å². The minimum absolute atomic E-state index is 0.186. The smallest absolute Gasteiger partial charge is 0.242 e. The standard InChI is InChI=1S/C13H15NS.C12H14N2O2.C8H13Br.C2H2/c1-9-8-14-10(2)12-6-4-5-7-13(12)15-11(9)3;1-2-6-11(15)13-14-12(16)9-10-7-4-3-5-8-10;1-4-7(3)6-8(9)5-2;1-2/h4-7H,8H2,1-3H3;2-5,7-8H,1,6,9H2,(H,13,15)(H,14,16);5-6H,4H2,1-3H3;1-2H/b11-9-,14-10?;;7-6+,8-5+;. The number of rotatable bonds is 6. The second-order valence-electron chi connectivity index (χ2n) is 9.11. The van der Waals surface area contributed by atoms with Crippen LogP contribution in [0, 0.1) is 12.8 Å². The molecular formula is C35H44BrN3O2S. The van der Waals surface area contributed by atoms with Crippen molar-refractivity contribution in [2.75, 3.05) is 6.54 Å². The van der Waals surface area contributed by atoms with Crippen LogP contribution in [0.25, 0.3) is 0 Å². The molecule has 0 saturated heterocycles. The van der Waals surface area contributed by atoms with Gasteiger partial charge in [-0.1, -0.05) is 101 Å². The molecule has 2 N–H and O–H groups in total. The van der Waals surface area contributed by atoms with Crippen LogP contribution in [0.4, 0.5) is 0 Å². The van der Waals surface area contributed by atoms with E-state index in [1.807, 2.05) is 55.1 Å². The van der Waals surface area contributed by atoms with Crippen LogP contribution < -0.4 is 10.9 Å². The van der Waals surface area contributed by atoms with Gasteiger partial charge in [-0.15, -0.1) is 19.4 Å². The van der Waals surface area contributed by atoms with E-state index in [0.717, 1.165) is 24.2 Å². The predicted octanol–water partition coefficient (Wildman–Crippen LogP) is 8.74. The number of allylic oxidation sites excluding steroid dienone is 5. The Labute approximate surface area is 265 Å². The molecule has 2 aromatic carbocycles. The Morgan fingerprint density at radius 2 is 1.62 bits per heavy atom. The maximum absolute atomic E-state index is 11.4. The first-order valence-electron chi connectivity index (χ1n) is 13.6. The minimum atomic E-state index is -0.281. The summed E-state index contributed by atoms with van der Waals surface area (Å²) in [6, 6.07) is 17.8. The Balaban J connectivity index is 0.000000605. The van der Waals surface area contributed by atoms with Crippen molar-refractivity contribution >= 4 is 45.2 Å². The van der Waals surface area contributed by atoms with Crippen molar-refractivity contribution in [2.45, 2.75) is 65.7 Å². The van der Waals surface area contributed by atoms with Gasteiger partial charge in [0, 0.05) is 27.1 Å². The first kappa shape index (κ1) is 38.4. The molecule has 1 aliphatic heterocycles. The van der Waals surface area contributed by atoms with Crippen LogP contribution in [0.5, 0.6) is 0 Å². The van der Waals surface area contributed by atoms with E-state index >= 15 is 0 Å². The van der Waals surface area contributed by atoms with Crippen LogP contribution in [0.1, 0.15) is 65.5 Å². The third-order valence-electron chi connectivity index (χ3n) is 5.79. The Morgan fingerprint density at radius 3 is 2.21 bits per heavy atom. The highest BCUT2D eigenvalue weighted by Crippen LogP contribution is 2.33. The van der Waals surface area contributed by atoms with E-state index in [9.17, 15) is 9.59 Å². The molecule has 1 aliphatic rings. The van der Waals surface area contributed by atoms with Gasteiger partial charge in [0.2, 0.25) is 11.8 Å². The fourth-order valence-electron chi connectivity index (χ4n) is 3.11. The number of halogens is 1. The number of carbonyl (C=O) groups excluding carboxylic acids is 2. The quantitative estimate of drug-likeness (QED) is 0.142. The Kier molecular flexibility index (Phi) is 21.0. The number of benzene rings is 2. The van der Waals surface area contributed by atoms with Crippen LogP contribution in [0.2, 0.25) is 0 Å². The average Bonchev–Trinajstić information content (AvgIpc) is 3.00. The van der Waals surface area contributed by atoms with E-state index < -0.39 is 0 Å². The number of aliphatic imine (C=N–C) groups is 1. The molecule has 0 unspecified atom stereocenters. The molecule has 0 bridgehead atoms. The van der Waals surface area contributed by atoms with Gasteiger partial charge in [0.05, 0.1) is 13.0 Å². The first-order chi connectivity index (χ1) is 20.1. The number of fused-ring (bicyclic) bond motifs is 1. The van der Waals surface area contributed by atoms with Crippen molar-refractivity contribution in [1.82, 2.24) is 10.9 Å². The van der Waals surface area contributed by atoms with Crippen molar-refractivity contribution in [3.8, 4) is 12.8 Å². The lowest BCUT2D eigenvalue weighted by molar-refractivity contribution is -0.128. The molecule has 0 saturated carbocycles. The highest BCUT2D eigenvalue weighted by molar-refractivity contribution is 9.11. The monoisotopic (exact) mass is 649 g/mol. The van der Waals surface area contributed by atoms with Crippen molar-refractivity contribution in [1.29, 1.82) is 0 Å². The Hall–Kier alpha value is -3.60. The van der Waals surface area contributed by atoms with Gasteiger partial charge in [0.25, 0.3) is 0 Å². The van der Waals surface area contributed by atoms with E-state index in [1.54, 1.807) is 0 Å². The third kappa shape index (κ3) is 16.6. The number of hydrogen-bond donors (Lipinski definition) is 2. The molecule has 0 spiro atoms. The van der Waals surface area contributed by atoms with Crippen molar-refractivity contribution in [3.05, 3.63) is 111 Å². The number of thioether (sulfide) groups is 1. The summed E-state index contributed by atoms with van der Waals surface area (Å²) in [4.78, 5) is 29.7. The average molecular weight is 651 g/mol. The lowest BCUT2D eigenvalue weighted by Crippen LogP contribution is -2.42. The minimum Gasteiger partial charge on any atom is -0.285 e. The molecule has 0 fully saturated rings. The number of carbonyl (C=O) groups is 2. The van der Waals surface area contributed by atoms with Crippen LogP contribution in [0.3, 0.4) is 0 Å². The number of amides is 2. The van der Waals surface area contributed by atoms with Gasteiger partial charge < -0.3 is 0 Å².